The molecule has 1 N–H and O–H groups in total. The normalized spacial score (nSPS) is 22.0. The van der Waals surface area contributed by atoms with Crippen LogP contribution in [0.3, 0.4) is 0 Å². The van der Waals surface area contributed by atoms with E-state index in [9.17, 15) is 0 Å². The minimum absolute atomic E-state index is 0.636. The molecule has 0 aromatic heterocycles. The summed E-state index contributed by atoms with van der Waals surface area (Å²) < 4.78 is 5.27. The molecule has 2 nitrogen and oxygen atoms in total. The first-order valence-electron chi connectivity index (χ1n) is 7.75. The Bertz CT molecular complexity index is 550. The minimum atomic E-state index is 0.636. The molecule has 1 aliphatic heterocycles. The summed E-state index contributed by atoms with van der Waals surface area (Å²) in [5.74, 6) is 2.24. The second kappa shape index (κ2) is 6.77. The molecule has 1 fully saturated rings. The van der Waals surface area contributed by atoms with Crippen molar-refractivity contribution in [2.75, 3.05) is 20.2 Å². The van der Waals surface area contributed by atoms with E-state index in [2.05, 4.69) is 59.9 Å². The third-order valence-electron chi connectivity index (χ3n) is 4.49. The lowest BCUT2D eigenvalue weighted by Crippen LogP contribution is -2.36. The van der Waals surface area contributed by atoms with Crippen molar-refractivity contribution in [1.29, 1.82) is 0 Å². The lowest BCUT2D eigenvalue weighted by Gasteiger charge is -2.33. The summed E-state index contributed by atoms with van der Waals surface area (Å²) in [5, 5.41) is 3.55. The average Bonchev–Trinajstić information content (AvgIpc) is 2.56. The van der Waals surface area contributed by atoms with Gasteiger partial charge in [0.15, 0.2) is 0 Å². The van der Waals surface area contributed by atoms with Gasteiger partial charge >= 0.3 is 0 Å². The van der Waals surface area contributed by atoms with Gasteiger partial charge in [0.1, 0.15) is 5.75 Å². The molecule has 3 rings (SSSR count). The first-order chi connectivity index (χ1) is 10.4. The van der Waals surface area contributed by atoms with Crippen molar-refractivity contribution in [2.45, 2.75) is 18.8 Å². The fourth-order valence-corrected chi connectivity index (χ4v) is 3.34. The smallest absolute Gasteiger partial charge is 0.118 e. The summed E-state index contributed by atoms with van der Waals surface area (Å²) in [6.45, 7) is 2.22. The zero-order valence-electron chi connectivity index (χ0n) is 12.6. The summed E-state index contributed by atoms with van der Waals surface area (Å²) in [5.41, 5.74) is 2.88. The third kappa shape index (κ3) is 3.45. The molecule has 2 atom stereocenters. The van der Waals surface area contributed by atoms with Crippen LogP contribution in [0.4, 0.5) is 0 Å². The van der Waals surface area contributed by atoms with Gasteiger partial charge in [-0.05, 0) is 61.0 Å². The number of nitrogens with one attached hydrogen (secondary N) is 1. The van der Waals surface area contributed by atoms with E-state index in [-0.39, 0.29) is 0 Å². The topological polar surface area (TPSA) is 21.3 Å². The first kappa shape index (κ1) is 14.2. The zero-order valence-corrected chi connectivity index (χ0v) is 12.6. The van der Waals surface area contributed by atoms with Gasteiger partial charge in [-0.3, -0.25) is 0 Å². The monoisotopic (exact) mass is 281 g/mol. The Labute approximate surface area is 127 Å². The molecule has 2 aromatic carbocycles. The van der Waals surface area contributed by atoms with Gasteiger partial charge in [-0.2, -0.15) is 0 Å². The van der Waals surface area contributed by atoms with Crippen LogP contribution in [-0.4, -0.2) is 20.2 Å². The predicted octanol–water partition coefficient (Wildman–Crippen LogP) is 3.63. The molecule has 1 aliphatic rings. The average molecular weight is 281 g/mol. The molecule has 21 heavy (non-hydrogen) atoms. The van der Waals surface area contributed by atoms with E-state index in [0.717, 1.165) is 25.3 Å². The maximum atomic E-state index is 5.27. The van der Waals surface area contributed by atoms with Crippen LogP contribution in [0.25, 0.3) is 0 Å². The Hall–Kier alpha value is -1.80. The predicted molar refractivity (Wildman–Crippen MR) is 86.9 cm³/mol. The van der Waals surface area contributed by atoms with Crippen molar-refractivity contribution >= 4 is 0 Å². The van der Waals surface area contributed by atoms with E-state index in [1.54, 1.807) is 7.11 Å². The summed E-state index contributed by atoms with van der Waals surface area (Å²) >= 11 is 0. The summed E-state index contributed by atoms with van der Waals surface area (Å²) in [6, 6.07) is 19.4. The van der Waals surface area contributed by atoms with Crippen LogP contribution in [0, 0.1) is 5.92 Å². The van der Waals surface area contributed by atoms with E-state index in [1.165, 1.54) is 17.5 Å². The van der Waals surface area contributed by atoms with E-state index < -0.39 is 0 Å². The highest BCUT2D eigenvalue weighted by atomic mass is 16.5. The molecule has 2 heteroatoms. The molecule has 2 unspecified atom stereocenters. The number of hydrogen-bond donors (Lipinski definition) is 1. The van der Waals surface area contributed by atoms with E-state index in [1.807, 2.05) is 0 Å². The number of methoxy groups -OCH3 is 1. The van der Waals surface area contributed by atoms with E-state index >= 15 is 0 Å². The second-order valence-electron chi connectivity index (χ2n) is 5.82. The fraction of sp³-hybridized carbons (Fsp3) is 0.368. The Morgan fingerprint density at radius 2 is 1.81 bits per heavy atom. The Kier molecular flexibility index (Phi) is 4.56. The molecule has 0 amide bonds. The van der Waals surface area contributed by atoms with Crippen LogP contribution in [0.15, 0.2) is 54.6 Å². The number of rotatable bonds is 4. The molecule has 0 saturated carbocycles. The largest absolute Gasteiger partial charge is 0.497 e. The van der Waals surface area contributed by atoms with Gasteiger partial charge in [0.25, 0.3) is 0 Å². The van der Waals surface area contributed by atoms with Crippen LogP contribution in [0.5, 0.6) is 5.75 Å². The van der Waals surface area contributed by atoms with Crippen molar-refractivity contribution in [3.05, 3.63) is 65.7 Å². The SMILES string of the molecule is COc1ccc(C2CCNCC2Cc2ccccc2)cc1. The van der Waals surface area contributed by atoms with Crippen LogP contribution < -0.4 is 10.1 Å². The van der Waals surface area contributed by atoms with Crippen LogP contribution in [0.2, 0.25) is 0 Å². The van der Waals surface area contributed by atoms with E-state index in [0.29, 0.717) is 11.8 Å². The summed E-state index contributed by atoms with van der Waals surface area (Å²) in [4.78, 5) is 0. The lowest BCUT2D eigenvalue weighted by molar-refractivity contribution is 0.324. The van der Waals surface area contributed by atoms with Crippen molar-refractivity contribution in [1.82, 2.24) is 5.32 Å². The molecule has 1 heterocycles. The Morgan fingerprint density at radius 3 is 2.52 bits per heavy atom. The molecular formula is C19H23NO. The minimum Gasteiger partial charge on any atom is -0.497 e. The molecule has 2 aromatic rings. The molecule has 1 saturated heterocycles. The molecule has 110 valence electrons. The van der Waals surface area contributed by atoms with Gasteiger partial charge in [0, 0.05) is 0 Å². The number of benzene rings is 2. The molecule has 0 radical (unpaired) electrons. The van der Waals surface area contributed by atoms with Crippen molar-refractivity contribution in [3.8, 4) is 5.75 Å². The van der Waals surface area contributed by atoms with Crippen LogP contribution in [-0.2, 0) is 6.42 Å². The summed E-state index contributed by atoms with van der Waals surface area (Å²) in [7, 11) is 1.72. The highest BCUT2D eigenvalue weighted by molar-refractivity contribution is 5.30. The van der Waals surface area contributed by atoms with Crippen LogP contribution in [0.1, 0.15) is 23.5 Å². The first-order valence-corrected chi connectivity index (χ1v) is 7.75. The number of ether oxygens (including phenoxy) is 1. The van der Waals surface area contributed by atoms with Gasteiger partial charge in [0.2, 0.25) is 0 Å². The summed E-state index contributed by atoms with van der Waals surface area (Å²) in [6.07, 6.45) is 2.36. The lowest BCUT2D eigenvalue weighted by atomic mass is 9.78. The number of piperidine rings is 1. The van der Waals surface area contributed by atoms with Gasteiger partial charge in [-0.25, -0.2) is 0 Å². The number of hydrogen-bond acceptors (Lipinski definition) is 2. The maximum absolute atomic E-state index is 5.27. The standard InChI is InChI=1S/C19H23NO/c1-21-18-9-7-16(8-10-18)19-11-12-20-14-17(19)13-15-5-3-2-4-6-15/h2-10,17,19-20H,11-14H2,1H3. The quantitative estimate of drug-likeness (QED) is 0.924. The van der Waals surface area contributed by atoms with Gasteiger partial charge in [-0.15, -0.1) is 0 Å². The highest BCUT2D eigenvalue weighted by Crippen LogP contribution is 2.33. The third-order valence-corrected chi connectivity index (χ3v) is 4.49. The van der Waals surface area contributed by atoms with Crippen LogP contribution >= 0.6 is 0 Å². The van der Waals surface area contributed by atoms with Crippen molar-refractivity contribution in [2.24, 2.45) is 5.92 Å². The Balaban J connectivity index is 1.77. The second-order valence-corrected chi connectivity index (χ2v) is 5.82. The van der Waals surface area contributed by atoms with Gasteiger partial charge in [0.05, 0.1) is 7.11 Å². The fourth-order valence-electron chi connectivity index (χ4n) is 3.34. The highest BCUT2D eigenvalue weighted by Gasteiger charge is 2.26. The van der Waals surface area contributed by atoms with Crippen molar-refractivity contribution in [3.63, 3.8) is 0 Å². The Morgan fingerprint density at radius 1 is 1.05 bits per heavy atom. The van der Waals surface area contributed by atoms with Gasteiger partial charge in [-0.1, -0.05) is 42.5 Å². The zero-order chi connectivity index (χ0) is 14.5. The van der Waals surface area contributed by atoms with E-state index in [4.69, 9.17) is 4.74 Å². The van der Waals surface area contributed by atoms with Crippen molar-refractivity contribution < 1.29 is 4.74 Å². The maximum Gasteiger partial charge on any atom is 0.118 e. The van der Waals surface area contributed by atoms with Gasteiger partial charge < -0.3 is 10.1 Å². The molecular weight excluding hydrogens is 258 g/mol. The molecule has 0 spiro atoms. The molecule has 0 aliphatic carbocycles. The molecule has 0 bridgehead atoms.